The summed E-state index contributed by atoms with van der Waals surface area (Å²) in [4.78, 5) is 11.4. The number of nitrogens with one attached hydrogen (secondary N) is 1. The van der Waals surface area contributed by atoms with Crippen molar-refractivity contribution >= 4 is 5.91 Å². The summed E-state index contributed by atoms with van der Waals surface area (Å²) in [6.07, 6.45) is 6.44. The molecule has 0 aromatic carbocycles. The van der Waals surface area contributed by atoms with Gasteiger partial charge in [0, 0.05) is 13.0 Å². The van der Waals surface area contributed by atoms with E-state index in [4.69, 9.17) is 0 Å². The minimum absolute atomic E-state index is 0.218. The zero-order valence-corrected chi connectivity index (χ0v) is 10.9. The molecule has 0 aliphatic carbocycles. The SMILES string of the molecule is CCCCCCC(=O)NCCC(C)(C)C. The van der Waals surface area contributed by atoms with E-state index in [9.17, 15) is 4.79 Å². The first-order valence-corrected chi connectivity index (χ1v) is 6.22. The molecule has 0 aromatic heterocycles. The van der Waals surface area contributed by atoms with Crippen molar-refractivity contribution in [2.45, 2.75) is 66.2 Å². The van der Waals surface area contributed by atoms with Crippen LogP contribution in [-0.2, 0) is 4.79 Å². The number of hydrogen-bond acceptors (Lipinski definition) is 1. The molecule has 0 saturated heterocycles. The van der Waals surface area contributed by atoms with Gasteiger partial charge in [-0.3, -0.25) is 4.79 Å². The van der Waals surface area contributed by atoms with E-state index in [-0.39, 0.29) is 5.91 Å². The Labute approximate surface area is 94.8 Å². The third kappa shape index (κ3) is 11.4. The van der Waals surface area contributed by atoms with Crippen molar-refractivity contribution in [3.05, 3.63) is 0 Å². The van der Waals surface area contributed by atoms with Gasteiger partial charge in [0.2, 0.25) is 5.91 Å². The predicted molar refractivity (Wildman–Crippen MR) is 65.8 cm³/mol. The molecule has 0 bridgehead atoms. The van der Waals surface area contributed by atoms with E-state index in [1.165, 1.54) is 19.3 Å². The Kier molecular flexibility index (Phi) is 7.45. The Balaban J connectivity index is 3.34. The average Bonchev–Trinajstić information content (AvgIpc) is 2.10. The summed E-state index contributed by atoms with van der Waals surface area (Å²) in [7, 11) is 0. The van der Waals surface area contributed by atoms with Gasteiger partial charge in [-0.05, 0) is 18.3 Å². The summed E-state index contributed by atoms with van der Waals surface area (Å²) in [5.41, 5.74) is 0.315. The highest BCUT2D eigenvalue weighted by Crippen LogP contribution is 2.16. The van der Waals surface area contributed by atoms with E-state index < -0.39 is 0 Å². The van der Waals surface area contributed by atoms with Crippen LogP contribution >= 0.6 is 0 Å². The van der Waals surface area contributed by atoms with Crippen LogP contribution in [0.15, 0.2) is 0 Å². The van der Waals surface area contributed by atoms with Crippen molar-refractivity contribution < 1.29 is 4.79 Å². The van der Waals surface area contributed by atoms with Crippen LogP contribution in [0, 0.1) is 5.41 Å². The lowest BCUT2D eigenvalue weighted by molar-refractivity contribution is -0.121. The topological polar surface area (TPSA) is 29.1 Å². The highest BCUT2D eigenvalue weighted by Gasteiger charge is 2.10. The van der Waals surface area contributed by atoms with Crippen LogP contribution in [0.4, 0.5) is 0 Å². The standard InChI is InChI=1S/C13H27NO/c1-5-6-7-8-9-12(15)14-11-10-13(2,3)4/h5-11H2,1-4H3,(H,14,15). The summed E-state index contributed by atoms with van der Waals surface area (Å²) in [6, 6.07) is 0. The number of carbonyl (C=O) groups excluding carboxylic acids is 1. The second kappa shape index (κ2) is 7.72. The molecule has 0 radical (unpaired) electrons. The van der Waals surface area contributed by atoms with E-state index in [0.717, 1.165) is 19.4 Å². The van der Waals surface area contributed by atoms with Crippen LogP contribution < -0.4 is 5.32 Å². The lowest BCUT2D eigenvalue weighted by Gasteiger charge is -2.17. The van der Waals surface area contributed by atoms with Crippen molar-refractivity contribution in [2.24, 2.45) is 5.41 Å². The second-order valence-corrected chi connectivity index (χ2v) is 5.47. The zero-order valence-electron chi connectivity index (χ0n) is 10.9. The van der Waals surface area contributed by atoms with Crippen LogP contribution in [0.1, 0.15) is 66.2 Å². The van der Waals surface area contributed by atoms with Gasteiger partial charge in [0.05, 0.1) is 0 Å². The summed E-state index contributed by atoms with van der Waals surface area (Å²) < 4.78 is 0. The Morgan fingerprint density at radius 1 is 1.13 bits per heavy atom. The summed E-state index contributed by atoms with van der Waals surface area (Å²) in [5, 5.41) is 2.98. The van der Waals surface area contributed by atoms with E-state index in [1.54, 1.807) is 0 Å². The normalized spacial score (nSPS) is 11.5. The molecule has 2 heteroatoms. The molecule has 0 aliphatic heterocycles. The molecule has 1 N–H and O–H groups in total. The van der Waals surface area contributed by atoms with Crippen molar-refractivity contribution in [1.29, 1.82) is 0 Å². The predicted octanol–water partition coefficient (Wildman–Crippen LogP) is 3.51. The largest absolute Gasteiger partial charge is 0.356 e. The molecular formula is C13H27NO. The van der Waals surface area contributed by atoms with Gasteiger partial charge in [-0.15, -0.1) is 0 Å². The molecule has 0 saturated carbocycles. The van der Waals surface area contributed by atoms with Gasteiger partial charge in [-0.1, -0.05) is 47.0 Å². The van der Waals surface area contributed by atoms with Gasteiger partial charge in [-0.2, -0.15) is 0 Å². The average molecular weight is 213 g/mol. The highest BCUT2D eigenvalue weighted by atomic mass is 16.1. The molecule has 1 amide bonds. The first-order chi connectivity index (χ1) is 6.95. The Morgan fingerprint density at radius 3 is 2.33 bits per heavy atom. The fourth-order valence-electron chi connectivity index (χ4n) is 1.38. The quantitative estimate of drug-likeness (QED) is 0.644. The van der Waals surface area contributed by atoms with Crippen LogP contribution in [0.25, 0.3) is 0 Å². The maximum Gasteiger partial charge on any atom is 0.219 e. The third-order valence-corrected chi connectivity index (χ3v) is 2.45. The molecule has 90 valence electrons. The van der Waals surface area contributed by atoms with Gasteiger partial charge >= 0.3 is 0 Å². The third-order valence-electron chi connectivity index (χ3n) is 2.45. The van der Waals surface area contributed by atoms with Crippen molar-refractivity contribution in [2.75, 3.05) is 6.54 Å². The zero-order chi connectivity index (χ0) is 11.7. The molecule has 0 aromatic rings. The Hall–Kier alpha value is -0.530. The minimum atomic E-state index is 0.218. The molecule has 0 rings (SSSR count). The molecule has 2 nitrogen and oxygen atoms in total. The Bertz CT molecular complexity index is 170. The van der Waals surface area contributed by atoms with Crippen molar-refractivity contribution in [3.8, 4) is 0 Å². The smallest absolute Gasteiger partial charge is 0.219 e. The van der Waals surface area contributed by atoms with Gasteiger partial charge < -0.3 is 5.32 Å². The maximum absolute atomic E-state index is 11.4. The number of rotatable bonds is 7. The van der Waals surface area contributed by atoms with E-state index in [1.807, 2.05) is 0 Å². The Morgan fingerprint density at radius 2 is 1.80 bits per heavy atom. The molecule has 15 heavy (non-hydrogen) atoms. The van der Waals surface area contributed by atoms with E-state index in [2.05, 4.69) is 33.0 Å². The molecule has 0 atom stereocenters. The van der Waals surface area contributed by atoms with Crippen LogP contribution in [0.3, 0.4) is 0 Å². The lowest BCUT2D eigenvalue weighted by atomic mass is 9.92. The van der Waals surface area contributed by atoms with Crippen LogP contribution in [-0.4, -0.2) is 12.5 Å². The summed E-state index contributed by atoms with van der Waals surface area (Å²) >= 11 is 0. The second-order valence-electron chi connectivity index (χ2n) is 5.47. The first kappa shape index (κ1) is 14.5. The monoisotopic (exact) mass is 213 g/mol. The molecule has 0 aliphatic rings. The highest BCUT2D eigenvalue weighted by molar-refractivity contribution is 5.75. The van der Waals surface area contributed by atoms with Crippen molar-refractivity contribution in [3.63, 3.8) is 0 Å². The number of amides is 1. The fraction of sp³-hybridized carbons (Fsp3) is 0.923. The molecule has 0 spiro atoms. The fourth-order valence-corrected chi connectivity index (χ4v) is 1.38. The van der Waals surface area contributed by atoms with Gasteiger partial charge in [0.1, 0.15) is 0 Å². The van der Waals surface area contributed by atoms with Crippen molar-refractivity contribution in [1.82, 2.24) is 5.32 Å². The number of unbranched alkanes of at least 4 members (excludes halogenated alkanes) is 3. The van der Waals surface area contributed by atoms with E-state index in [0.29, 0.717) is 11.8 Å². The molecule has 0 fully saturated rings. The van der Waals surface area contributed by atoms with Crippen LogP contribution in [0.5, 0.6) is 0 Å². The minimum Gasteiger partial charge on any atom is -0.356 e. The number of hydrogen-bond donors (Lipinski definition) is 1. The molecule has 0 unspecified atom stereocenters. The first-order valence-electron chi connectivity index (χ1n) is 6.22. The van der Waals surface area contributed by atoms with Gasteiger partial charge in [0.15, 0.2) is 0 Å². The van der Waals surface area contributed by atoms with E-state index >= 15 is 0 Å². The molecular weight excluding hydrogens is 186 g/mol. The molecule has 0 heterocycles. The maximum atomic E-state index is 11.4. The summed E-state index contributed by atoms with van der Waals surface area (Å²) in [6.45, 7) is 9.58. The lowest BCUT2D eigenvalue weighted by Crippen LogP contribution is -2.26. The van der Waals surface area contributed by atoms with Gasteiger partial charge in [0.25, 0.3) is 0 Å². The van der Waals surface area contributed by atoms with Crippen LogP contribution in [0.2, 0.25) is 0 Å². The number of carbonyl (C=O) groups is 1. The van der Waals surface area contributed by atoms with Gasteiger partial charge in [-0.25, -0.2) is 0 Å². The summed E-state index contributed by atoms with van der Waals surface area (Å²) in [5.74, 6) is 0.218.